The average Bonchev–Trinajstić information content (AvgIpc) is 2.61. The van der Waals surface area contributed by atoms with Crippen LogP contribution in [-0.2, 0) is 4.74 Å². The van der Waals surface area contributed by atoms with E-state index in [1.165, 1.54) is 13.2 Å². The molecule has 1 unspecified atom stereocenters. The Morgan fingerprint density at radius 1 is 1.38 bits per heavy atom. The molecule has 2 aromatic rings. The van der Waals surface area contributed by atoms with Gasteiger partial charge in [-0.25, -0.2) is 14.4 Å². The van der Waals surface area contributed by atoms with Gasteiger partial charge in [-0.3, -0.25) is 0 Å². The molecule has 1 fully saturated rings. The van der Waals surface area contributed by atoms with Gasteiger partial charge in [-0.05, 0) is 37.8 Å². The van der Waals surface area contributed by atoms with Crippen molar-refractivity contribution in [3.05, 3.63) is 35.9 Å². The van der Waals surface area contributed by atoms with Crippen molar-refractivity contribution in [1.29, 1.82) is 0 Å². The Balaban J connectivity index is 1.72. The van der Waals surface area contributed by atoms with Crippen LogP contribution in [0.3, 0.4) is 0 Å². The lowest BCUT2D eigenvalue weighted by Gasteiger charge is -2.22. The van der Waals surface area contributed by atoms with Crippen LogP contribution in [0.2, 0.25) is 0 Å². The number of ether oxygens (including phenoxy) is 2. The van der Waals surface area contributed by atoms with Gasteiger partial charge in [0.15, 0.2) is 0 Å². The highest BCUT2D eigenvalue weighted by molar-refractivity contribution is 5.67. The van der Waals surface area contributed by atoms with Crippen LogP contribution in [0.5, 0.6) is 5.75 Å². The molecule has 1 N–H and O–H groups in total. The van der Waals surface area contributed by atoms with Gasteiger partial charge in [-0.15, -0.1) is 0 Å². The molecule has 0 bridgehead atoms. The predicted molar refractivity (Wildman–Crippen MR) is 90.7 cm³/mol. The fourth-order valence-corrected chi connectivity index (χ4v) is 2.86. The maximum Gasteiger partial charge on any atom is 0.222 e. The van der Waals surface area contributed by atoms with Crippen LogP contribution in [0.25, 0.3) is 11.1 Å². The van der Waals surface area contributed by atoms with Crippen LogP contribution in [0.4, 0.5) is 10.3 Å². The minimum absolute atomic E-state index is 0.346. The number of nitrogens with one attached hydrogen (secondary N) is 1. The molecule has 0 amide bonds. The molecule has 0 aliphatic carbocycles. The van der Waals surface area contributed by atoms with E-state index in [9.17, 15) is 4.39 Å². The highest BCUT2D eigenvalue weighted by Crippen LogP contribution is 2.28. The summed E-state index contributed by atoms with van der Waals surface area (Å²) in [6.07, 6.45) is 3.91. The first-order valence-electron chi connectivity index (χ1n) is 8.16. The zero-order valence-electron chi connectivity index (χ0n) is 14.0. The normalized spacial score (nSPS) is 17.5. The first kappa shape index (κ1) is 16.6. The lowest BCUT2D eigenvalue weighted by Crippen LogP contribution is -2.25. The Morgan fingerprint density at radius 2 is 2.25 bits per heavy atom. The van der Waals surface area contributed by atoms with Crippen molar-refractivity contribution in [2.45, 2.75) is 19.8 Å². The molecule has 5 nitrogen and oxygen atoms in total. The lowest BCUT2D eigenvalue weighted by molar-refractivity contribution is 0.0594. The average molecular weight is 331 g/mol. The Kier molecular flexibility index (Phi) is 5.25. The van der Waals surface area contributed by atoms with Crippen LogP contribution in [0.1, 0.15) is 18.5 Å². The van der Waals surface area contributed by atoms with Crippen LogP contribution in [-0.4, -0.2) is 36.8 Å². The van der Waals surface area contributed by atoms with Crippen LogP contribution in [0.15, 0.2) is 24.4 Å². The number of rotatable bonds is 5. The molecule has 6 heteroatoms. The van der Waals surface area contributed by atoms with Crippen LogP contribution < -0.4 is 10.1 Å². The monoisotopic (exact) mass is 331 g/mol. The second-order valence-corrected chi connectivity index (χ2v) is 6.00. The molecule has 1 atom stereocenters. The SMILES string of the molecule is COc1ccc(-c2cnc(NCC3CCCOC3)nc2C)c(F)c1. The molecule has 0 radical (unpaired) electrons. The molecule has 1 aromatic carbocycles. The summed E-state index contributed by atoms with van der Waals surface area (Å²) in [5, 5.41) is 3.25. The Hall–Kier alpha value is -2.21. The Labute approximate surface area is 141 Å². The highest BCUT2D eigenvalue weighted by atomic mass is 19.1. The smallest absolute Gasteiger partial charge is 0.222 e. The zero-order chi connectivity index (χ0) is 16.9. The van der Waals surface area contributed by atoms with Crippen LogP contribution in [0, 0.1) is 18.7 Å². The first-order valence-corrected chi connectivity index (χ1v) is 8.16. The second kappa shape index (κ2) is 7.57. The van der Waals surface area contributed by atoms with E-state index in [2.05, 4.69) is 15.3 Å². The third kappa shape index (κ3) is 3.82. The van der Waals surface area contributed by atoms with E-state index in [-0.39, 0.29) is 5.82 Å². The Morgan fingerprint density at radius 3 is 2.92 bits per heavy atom. The lowest BCUT2D eigenvalue weighted by atomic mass is 10.0. The summed E-state index contributed by atoms with van der Waals surface area (Å²) in [5.74, 6) is 1.20. The fourth-order valence-electron chi connectivity index (χ4n) is 2.86. The zero-order valence-corrected chi connectivity index (χ0v) is 14.0. The molecule has 0 saturated carbocycles. The number of benzene rings is 1. The van der Waals surface area contributed by atoms with E-state index in [4.69, 9.17) is 9.47 Å². The van der Waals surface area contributed by atoms with Gasteiger partial charge < -0.3 is 14.8 Å². The molecule has 128 valence electrons. The molecular weight excluding hydrogens is 309 g/mol. The van der Waals surface area contributed by atoms with E-state index in [1.54, 1.807) is 18.3 Å². The molecule has 24 heavy (non-hydrogen) atoms. The van der Waals surface area contributed by atoms with E-state index < -0.39 is 0 Å². The summed E-state index contributed by atoms with van der Waals surface area (Å²) in [6.45, 7) is 4.28. The van der Waals surface area contributed by atoms with Gasteiger partial charge in [0, 0.05) is 36.5 Å². The number of hydrogen-bond acceptors (Lipinski definition) is 5. The molecule has 0 spiro atoms. The van der Waals surface area contributed by atoms with Crippen molar-refractivity contribution < 1.29 is 13.9 Å². The van der Waals surface area contributed by atoms with Gasteiger partial charge in [-0.1, -0.05) is 0 Å². The third-order valence-electron chi connectivity index (χ3n) is 4.25. The van der Waals surface area contributed by atoms with Gasteiger partial charge in [0.05, 0.1) is 19.4 Å². The summed E-state index contributed by atoms with van der Waals surface area (Å²) in [7, 11) is 1.51. The second-order valence-electron chi connectivity index (χ2n) is 6.00. The first-order chi connectivity index (χ1) is 11.7. The minimum atomic E-state index is -0.346. The summed E-state index contributed by atoms with van der Waals surface area (Å²) in [4.78, 5) is 8.78. The number of methoxy groups -OCH3 is 1. The largest absolute Gasteiger partial charge is 0.497 e. The number of nitrogens with zero attached hydrogens (tertiary/aromatic N) is 2. The quantitative estimate of drug-likeness (QED) is 0.909. The minimum Gasteiger partial charge on any atom is -0.497 e. The van der Waals surface area contributed by atoms with Gasteiger partial charge in [0.25, 0.3) is 0 Å². The van der Waals surface area contributed by atoms with E-state index in [0.717, 1.165) is 38.3 Å². The summed E-state index contributed by atoms with van der Waals surface area (Å²) < 4.78 is 24.7. The van der Waals surface area contributed by atoms with E-state index in [1.807, 2.05) is 6.92 Å². The van der Waals surface area contributed by atoms with Crippen molar-refractivity contribution in [1.82, 2.24) is 9.97 Å². The molecule has 1 aromatic heterocycles. The molecule has 1 aliphatic heterocycles. The summed E-state index contributed by atoms with van der Waals surface area (Å²) in [5.41, 5.74) is 1.89. The standard InChI is InChI=1S/C18H22FN3O2/c1-12-16(15-6-5-14(23-2)8-17(15)19)10-21-18(22-12)20-9-13-4-3-7-24-11-13/h5-6,8,10,13H,3-4,7,9,11H2,1-2H3,(H,20,21,22). The fraction of sp³-hybridized carbons (Fsp3) is 0.444. The molecular formula is C18H22FN3O2. The number of halogens is 1. The number of aromatic nitrogens is 2. The van der Waals surface area contributed by atoms with Crippen molar-refractivity contribution in [3.8, 4) is 16.9 Å². The number of aryl methyl sites for hydroxylation is 1. The van der Waals surface area contributed by atoms with Gasteiger partial charge in [0.1, 0.15) is 11.6 Å². The third-order valence-corrected chi connectivity index (χ3v) is 4.25. The van der Waals surface area contributed by atoms with Crippen molar-refractivity contribution >= 4 is 5.95 Å². The summed E-state index contributed by atoms with van der Waals surface area (Å²) >= 11 is 0. The molecule has 1 saturated heterocycles. The van der Waals surface area contributed by atoms with Crippen molar-refractivity contribution in [2.24, 2.45) is 5.92 Å². The van der Waals surface area contributed by atoms with Gasteiger partial charge in [0.2, 0.25) is 5.95 Å². The summed E-state index contributed by atoms with van der Waals surface area (Å²) in [6, 6.07) is 4.78. The van der Waals surface area contributed by atoms with Crippen LogP contribution >= 0.6 is 0 Å². The van der Waals surface area contributed by atoms with E-state index in [0.29, 0.717) is 28.7 Å². The molecule has 1 aliphatic rings. The van der Waals surface area contributed by atoms with Gasteiger partial charge >= 0.3 is 0 Å². The number of anilines is 1. The highest BCUT2D eigenvalue weighted by Gasteiger charge is 2.15. The number of hydrogen-bond donors (Lipinski definition) is 1. The predicted octanol–water partition coefficient (Wildman–Crippen LogP) is 3.44. The molecule has 3 rings (SSSR count). The maximum absolute atomic E-state index is 14.2. The topological polar surface area (TPSA) is 56.3 Å². The van der Waals surface area contributed by atoms with Crippen molar-refractivity contribution in [3.63, 3.8) is 0 Å². The van der Waals surface area contributed by atoms with Crippen molar-refractivity contribution in [2.75, 3.05) is 32.2 Å². The van der Waals surface area contributed by atoms with Gasteiger partial charge in [-0.2, -0.15) is 0 Å². The Bertz CT molecular complexity index is 703. The maximum atomic E-state index is 14.2. The molecule has 2 heterocycles. The van der Waals surface area contributed by atoms with E-state index >= 15 is 0 Å².